The van der Waals surface area contributed by atoms with Crippen LogP contribution in [-0.2, 0) is 6.42 Å². The summed E-state index contributed by atoms with van der Waals surface area (Å²) < 4.78 is 22.4. The lowest BCUT2D eigenvalue weighted by Gasteiger charge is -2.08. The first-order valence-electron chi connectivity index (χ1n) is 9.04. The van der Waals surface area contributed by atoms with E-state index in [1.807, 2.05) is 42.5 Å². The molecule has 0 fully saturated rings. The van der Waals surface area contributed by atoms with Crippen LogP contribution in [-0.4, -0.2) is 4.98 Å². The first-order valence-corrected chi connectivity index (χ1v) is 7.54. The van der Waals surface area contributed by atoms with Crippen molar-refractivity contribution in [3.05, 3.63) is 78.5 Å². The summed E-state index contributed by atoms with van der Waals surface area (Å²) in [7, 11) is 0. The topological polar surface area (TPSA) is 12.9 Å². The van der Waals surface area contributed by atoms with Gasteiger partial charge in [0.1, 0.15) is 0 Å². The van der Waals surface area contributed by atoms with E-state index in [9.17, 15) is 0 Å². The molecule has 0 amide bonds. The Morgan fingerprint density at radius 3 is 2.41 bits per heavy atom. The molecule has 3 rings (SSSR count). The highest BCUT2D eigenvalue weighted by Gasteiger charge is 2.04. The molecule has 0 radical (unpaired) electrons. The minimum Gasteiger partial charge on any atom is -0.256 e. The van der Waals surface area contributed by atoms with Crippen molar-refractivity contribution in [3.63, 3.8) is 0 Å². The van der Waals surface area contributed by atoms with Crippen LogP contribution in [0.15, 0.2) is 72.9 Å². The third kappa shape index (κ3) is 3.43. The summed E-state index contributed by atoms with van der Waals surface area (Å²) >= 11 is 0. The van der Waals surface area contributed by atoms with Gasteiger partial charge >= 0.3 is 0 Å². The second-order valence-electron chi connectivity index (χ2n) is 5.60. The molecule has 0 aliphatic rings. The molecule has 0 saturated heterocycles. The molecule has 1 unspecified atom stereocenters. The summed E-state index contributed by atoms with van der Waals surface area (Å²) in [5.41, 5.74) is 5.22. The molecule has 3 aromatic rings. The summed E-state index contributed by atoms with van der Waals surface area (Å²) in [4.78, 5) is 4.54. The predicted octanol–water partition coefficient (Wildman–Crippen LogP) is 5.61. The largest absolute Gasteiger partial charge is 0.256 e. The van der Waals surface area contributed by atoms with Crippen molar-refractivity contribution in [2.45, 2.75) is 20.2 Å². The molecule has 0 aliphatic carbocycles. The van der Waals surface area contributed by atoms with Crippen LogP contribution in [0.3, 0.4) is 0 Å². The standard InChI is InChI=1S/C21H21N/c1-16(2)13-17-11-12-21(22-15-17)20-10-6-9-19(14-20)18-7-4-3-5-8-18/h3-12,14-16H,13H2,1-2H3/i1D3. The van der Waals surface area contributed by atoms with Gasteiger partial charge in [0, 0.05) is 15.9 Å². The zero-order valence-corrected chi connectivity index (χ0v) is 12.7. The number of pyridine rings is 1. The van der Waals surface area contributed by atoms with Crippen LogP contribution < -0.4 is 0 Å². The molecular formula is C21H21N. The van der Waals surface area contributed by atoms with E-state index in [0.29, 0.717) is 6.42 Å². The Morgan fingerprint density at radius 1 is 0.909 bits per heavy atom. The number of aromatic nitrogens is 1. The Balaban J connectivity index is 1.81. The number of benzene rings is 2. The van der Waals surface area contributed by atoms with E-state index in [1.54, 1.807) is 13.1 Å². The second-order valence-corrected chi connectivity index (χ2v) is 5.60. The molecule has 0 spiro atoms. The maximum Gasteiger partial charge on any atom is 0.0702 e. The van der Waals surface area contributed by atoms with Gasteiger partial charge < -0.3 is 0 Å². The molecule has 1 heteroatoms. The molecule has 110 valence electrons. The molecule has 1 aromatic heterocycles. The third-order valence-electron chi connectivity index (χ3n) is 3.63. The first-order chi connectivity index (χ1) is 11.9. The van der Waals surface area contributed by atoms with Crippen LogP contribution in [0.2, 0.25) is 0 Å². The van der Waals surface area contributed by atoms with Gasteiger partial charge in [-0.3, -0.25) is 4.98 Å². The first kappa shape index (κ1) is 11.2. The zero-order valence-electron chi connectivity index (χ0n) is 15.7. The average Bonchev–Trinajstić information content (AvgIpc) is 2.62. The van der Waals surface area contributed by atoms with Gasteiger partial charge in [-0.2, -0.15) is 0 Å². The van der Waals surface area contributed by atoms with Crippen LogP contribution >= 0.6 is 0 Å². The fraction of sp³-hybridized carbons (Fsp3) is 0.190. The van der Waals surface area contributed by atoms with Crippen molar-refractivity contribution < 1.29 is 4.11 Å². The van der Waals surface area contributed by atoms with Crippen molar-refractivity contribution in [2.24, 2.45) is 5.92 Å². The lowest BCUT2D eigenvalue weighted by molar-refractivity contribution is 0.646. The SMILES string of the molecule is [2H]C([2H])([2H])C(C)Cc1ccc(-c2cccc(-c3ccccc3)c2)nc1. The minimum absolute atomic E-state index is 0.374. The predicted molar refractivity (Wildman–Crippen MR) is 93.7 cm³/mol. The molecule has 1 heterocycles. The van der Waals surface area contributed by atoms with Gasteiger partial charge in [-0.1, -0.05) is 68.4 Å². The molecule has 0 N–H and O–H groups in total. The number of hydrogen-bond acceptors (Lipinski definition) is 1. The van der Waals surface area contributed by atoms with E-state index in [4.69, 9.17) is 4.11 Å². The molecule has 22 heavy (non-hydrogen) atoms. The van der Waals surface area contributed by atoms with Crippen LogP contribution in [0.4, 0.5) is 0 Å². The fourth-order valence-electron chi connectivity index (χ4n) is 2.56. The maximum atomic E-state index is 7.48. The molecule has 1 nitrogen and oxygen atoms in total. The molecule has 1 atom stereocenters. The quantitative estimate of drug-likeness (QED) is 0.608. The number of rotatable bonds is 4. The van der Waals surface area contributed by atoms with Crippen LogP contribution in [0.5, 0.6) is 0 Å². The van der Waals surface area contributed by atoms with Gasteiger partial charge in [0.15, 0.2) is 0 Å². The van der Waals surface area contributed by atoms with Gasteiger partial charge in [-0.05, 0) is 41.2 Å². The summed E-state index contributed by atoms with van der Waals surface area (Å²) in [6.45, 7) is -0.174. The van der Waals surface area contributed by atoms with Crippen LogP contribution in [0, 0.1) is 5.92 Å². The zero-order chi connectivity index (χ0) is 17.9. The van der Waals surface area contributed by atoms with E-state index in [-0.39, 0.29) is 5.92 Å². The highest BCUT2D eigenvalue weighted by atomic mass is 14.7. The molecule has 0 saturated carbocycles. The molecular weight excluding hydrogens is 266 g/mol. The van der Waals surface area contributed by atoms with Crippen LogP contribution in [0.1, 0.15) is 23.5 Å². The average molecular weight is 290 g/mol. The van der Waals surface area contributed by atoms with Crippen molar-refractivity contribution in [2.75, 3.05) is 0 Å². The monoisotopic (exact) mass is 290 g/mol. The maximum absolute atomic E-state index is 7.48. The van der Waals surface area contributed by atoms with Crippen LogP contribution in [0.25, 0.3) is 22.4 Å². The van der Waals surface area contributed by atoms with Gasteiger partial charge in [0.25, 0.3) is 0 Å². The van der Waals surface area contributed by atoms with Gasteiger partial charge in [0.2, 0.25) is 0 Å². The summed E-state index contributed by atoms with van der Waals surface area (Å²) in [6, 6.07) is 22.5. The normalized spacial score (nSPS) is 14.7. The molecule has 2 aromatic carbocycles. The van der Waals surface area contributed by atoms with Crippen molar-refractivity contribution in [1.82, 2.24) is 4.98 Å². The summed E-state index contributed by atoms with van der Waals surface area (Å²) in [5.74, 6) is -0.374. The smallest absolute Gasteiger partial charge is 0.0702 e. The molecule has 0 aliphatic heterocycles. The summed E-state index contributed by atoms with van der Waals surface area (Å²) in [6.07, 6.45) is 2.29. The van der Waals surface area contributed by atoms with Gasteiger partial charge in [-0.15, -0.1) is 0 Å². The minimum atomic E-state index is -1.93. The Kier molecular flexibility index (Phi) is 3.34. The lowest BCUT2D eigenvalue weighted by Crippen LogP contribution is -1.95. The van der Waals surface area contributed by atoms with Crippen molar-refractivity contribution in [1.29, 1.82) is 0 Å². The van der Waals surface area contributed by atoms with E-state index >= 15 is 0 Å². The summed E-state index contributed by atoms with van der Waals surface area (Å²) in [5, 5.41) is 0. The number of hydrogen-bond donors (Lipinski definition) is 0. The Hall–Kier alpha value is -2.41. The third-order valence-corrected chi connectivity index (χ3v) is 3.63. The van der Waals surface area contributed by atoms with Crippen molar-refractivity contribution >= 4 is 0 Å². The van der Waals surface area contributed by atoms with Gasteiger partial charge in [0.05, 0.1) is 5.69 Å². The Labute approximate surface area is 136 Å². The Bertz CT molecular complexity index is 824. The van der Waals surface area contributed by atoms with E-state index in [2.05, 4.69) is 29.2 Å². The van der Waals surface area contributed by atoms with Gasteiger partial charge in [-0.25, -0.2) is 0 Å². The highest BCUT2D eigenvalue weighted by molar-refractivity contribution is 5.71. The van der Waals surface area contributed by atoms with Crippen molar-refractivity contribution in [3.8, 4) is 22.4 Å². The Morgan fingerprint density at radius 2 is 1.68 bits per heavy atom. The van der Waals surface area contributed by atoms with E-state index in [0.717, 1.165) is 22.4 Å². The van der Waals surface area contributed by atoms with E-state index < -0.39 is 6.85 Å². The number of nitrogens with zero attached hydrogens (tertiary/aromatic N) is 1. The highest BCUT2D eigenvalue weighted by Crippen LogP contribution is 2.25. The lowest BCUT2D eigenvalue weighted by atomic mass is 10.0. The molecule has 0 bridgehead atoms. The van der Waals surface area contributed by atoms with E-state index in [1.165, 1.54) is 5.56 Å². The fourth-order valence-corrected chi connectivity index (χ4v) is 2.56. The second kappa shape index (κ2) is 6.57.